The topological polar surface area (TPSA) is 40.5 Å². The quantitative estimate of drug-likeness (QED) is 0.731. The molecule has 0 aliphatic rings. The van der Waals surface area contributed by atoms with E-state index in [0.29, 0.717) is 19.5 Å². The molecule has 1 rings (SSSR count). The van der Waals surface area contributed by atoms with E-state index in [1.807, 2.05) is 30.3 Å². The zero-order valence-corrected chi connectivity index (χ0v) is 9.30. The van der Waals surface area contributed by atoms with Crippen LogP contribution in [0.15, 0.2) is 43.0 Å². The molecule has 0 aliphatic heterocycles. The van der Waals surface area contributed by atoms with Crippen LogP contribution in [0.3, 0.4) is 0 Å². The van der Waals surface area contributed by atoms with Crippen molar-refractivity contribution >= 4 is 5.91 Å². The summed E-state index contributed by atoms with van der Waals surface area (Å²) < 4.78 is 0. The van der Waals surface area contributed by atoms with Crippen molar-refractivity contribution in [3.05, 3.63) is 48.6 Å². The van der Waals surface area contributed by atoms with Gasteiger partial charge in [-0.25, -0.2) is 0 Å². The van der Waals surface area contributed by atoms with Crippen molar-refractivity contribution in [2.24, 2.45) is 0 Å². The largest absolute Gasteiger partial charge is 0.395 e. The van der Waals surface area contributed by atoms with Gasteiger partial charge in [0, 0.05) is 13.1 Å². The van der Waals surface area contributed by atoms with Crippen LogP contribution >= 0.6 is 0 Å². The maximum Gasteiger partial charge on any atom is 0.227 e. The Labute approximate surface area is 96.0 Å². The van der Waals surface area contributed by atoms with Crippen molar-refractivity contribution in [3.8, 4) is 0 Å². The lowest BCUT2D eigenvalue weighted by Crippen LogP contribution is -2.34. The highest BCUT2D eigenvalue weighted by Gasteiger charge is 2.11. The number of hydrogen-bond donors (Lipinski definition) is 1. The first-order valence-electron chi connectivity index (χ1n) is 5.31. The fourth-order valence-electron chi connectivity index (χ4n) is 1.48. The Morgan fingerprint density at radius 1 is 1.38 bits per heavy atom. The van der Waals surface area contributed by atoms with Crippen molar-refractivity contribution in [2.45, 2.75) is 6.42 Å². The number of aliphatic hydroxyl groups excluding tert-OH is 1. The first-order valence-corrected chi connectivity index (χ1v) is 5.31. The number of carbonyl (C=O) groups is 1. The van der Waals surface area contributed by atoms with Gasteiger partial charge >= 0.3 is 0 Å². The fraction of sp³-hybridized carbons (Fsp3) is 0.308. The van der Waals surface area contributed by atoms with Gasteiger partial charge in [0.1, 0.15) is 0 Å². The van der Waals surface area contributed by atoms with Crippen LogP contribution in [-0.4, -0.2) is 35.6 Å². The molecule has 0 saturated carbocycles. The van der Waals surface area contributed by atoms with Crippen LogP contribution in [-0.2, 0) is 11.2 Å². The average Bonchev–Trinajstić information content (AvgIpc) is 2.30. The van der Waals surface area contributed by atoms with E-state index in [1.54, 1.807) is 11.0 Å². The zero-order chi connectivity index (χ0) is 11.8. The maximum absolute atomic E-state index is 11.9. The first kappa shape index (κ1) is 12.5. The average molecular weight is 219 g/mol. The third-order valence-electron chi connectivity index (χ3n) is 2.27. The summed E-state index contributed by atoms with van der Waals surface area (Å²) in [6, 6.07) is 9.58. The van der Waals surface area contributed by atoms with Crippen molar-refractivity contribution in [3.63, 3.8) is 0 Å². The molecule has 1 N–H and O–H groups in total. The molecule has 0 atom stereocenters. The van der Waals surface area contributed by atoms with Gasteiger partial charge in [0.05, 0.1) is 13.0 Å². The lowest BCUT2D eigenvalue weighted by molar-refractivity contribution is -0.130. The molecule has 1 amide bonds. The molecule has 86 valence electrons. The van der Waals surface area contributed by atoms with Gasteiger partial charge in [-0.15, -0.1) is 6.58 Å². The summed E-state index contributed by atoms with van der Waals surface area (Å²) in [5, 5.41) is 8.85. The van der Waals surface area contributed by atoms with Gasteiger partial charge in [-0.2, -0.15) is 0 Å². The maximum atomic E-state index is 11.9. The number of hydrogen-bond acceptors (Lipinski definition) is 2. The molecule has 0 heterocycles. The van der Waals surface area contributed by atoms with E-state index in [-0.39, 0.29) is 12.5 Å². The summed E-state index contributed by atoms with van der Waals surface area (Å²) in [5.41, 5.74) is 0.986. The third kappa shape index (κ3) is 3.87. The summed E-state index contributed by atoms with van der Waals surface area (Å²) in [6.45, 7) is 4.41. The highest BCUT2D eigenvalue weighted by atomic mass is 16.3. The van der Waals surface area contributed by atoms with E-state index in [0.717, 1.165) is 5.56 Å². The summed E-state index contributed by atoms with van der Waals surface area (Å²) in [6.07, 6.45) is 2.03. The van der Waals surface area contributed by atoms with Crippen LogP contribution in [0.25, 0.3) is 0 Å². The normalized spacial score (nSPS) is 9.81. The summed E-state index contributed by atoms with van der Waals surface area (Å²) in [7, 11) is 0. The molecule has 16 heavy (non-hydrogen) atoms. The Morgan fingerprint density at radius 3 is 2.62 bits per heavy atom. The Hall–Kier alpha value is -1.61. The van der Waals surface area contributed by atoms with E-state index in [4.69, 9.17) is 5.11 Å². The minimum atomic E-state index is -0.0195. The predicted molar refractivity (Wildman–Crippen MR) is 64.0 cm³/mol. The van der Waals surface area contributed by atoms with Crippen LogP contribution in [0.4, 0.5) is 0 Å². The molecular formula is C13H17NO2. The molecule has 1 aromatic rings. The predicted octanol–water partition coefficient (Wildman–Crippen LogP) is 1.24. The number of aliphatic hydroxyl groups is 1. The molecule has 0 spiro atoms. The van der Waals surface area contributed by atoms with E-state index in [2.05, 4.69) is 6.58 Å². The van der Waals surface area contributed by atoms with E-state index in [1.165, 1.54) is 0 Å². The standard InChI is InChI=1S/C13H17NO2/c1-2-8-14(9-10-15)13(16)11-12-6-4-3-5-7-12/h2-7,15H,1,8-11H2. The second-order valence-electron chi connectivity index (χ2n) is 3.51. The van der Waals surface area contributed by atoms with E-state index < -0.39 is 0 Å². The molecule has 0 unspecified atom stereocenters. The van der Waals surface area contributed by atoms with Crippen LogP contribution in [0, 0.1) is 0 Å². The highest BCUT2D eigenvalue weighted by molar-refractivity contribution is 5.78. The van der Waals surface area contributed by atoms with Gasteiger partial charge in [0.15, 0.2) is 0 Å². The van der Waals surface area contributed by atoms with Gasteiger partial charge in [-0.1, -0.05) is 36.4 Å². The van der Waals surface area contributed by atoms with Crippen molar-refractivity contribution < 1.29 is 9.90 Å². The minimum Gasteiger partial charge on any atom is -0.395 e. The third-order valence-corrected chi connectivity index (χ3v) is 2.27. The van der Waals surface area contributed by atoms with Gasteiger partial charge in [0.25, 0.3) is 0 Å². The van der Waals surface area contributed by atoms with Crippen LogP contribution in [0.5, 0.6) is 0 Å². The Morgan fingerprint density at radius 2 is 2.06 bits per heavy atom. The van der Waals surface area contributed by atoms with Crippen LogP contribution < -0.4 is 0 Å². The highest BCUT2D eigenvalue weighted by Crippen LogP contribution is 2.02. The van der Waals surface area contributed by atoms with Crippen molar-refractivity contribution in [2.75, 3.05) is 19.7 Å². The molecule has 0 radical (unpaired) electrons. The molecule has 0 aliphatic carbocycles. The van der Waals surface area contributed by atoms with E-state index >= 15 is 0 Å². The lowest BCUT2D eigenvalue weighted by Gasteiger charge is -2.19. The summed E-state index contributed by atoms with van der Waals surface area (Å²) in [5.74, 6) is 0.0140. The molecular weight excluding hydrogens is 202 g/mol. The molecule has 3 heteroatoms. The van der Waals surface area contributed by atoms with E-state index in [9.17, 15) is 4.79 Å². The smallest absolute Gasteiger partial charge is 0.227 e. The van der Waals surface area contributed by atoms with Crippen LogP contribution in [0.1, 0.15) is 5.56 Å². The van der Waals surface area contributed by atoms with Gasteiger partial charge < -0.3 is 10.0 Å². The monoisotopic (exact) mass is 219 g/mol. The minimum absolute atomic E-state index is 0.0140. The molecule has 0 saturated heterocycles. The summed E-state index contributed by atoms with van der Waals surface area (Å²) in [4.78, 5) is 13.5. The number of amides is 1. The molecule has 0 fully saturated rings. The summed E-state index contributed by atoms with van der Waals surface area (Å²) >= 11 is 0. The second-order valence-corrected chi connectivity index (χ2v) is 3.51. The Kier molecular flexibility index (Phi) is 5.29. The molecule has 0 aromatic heterocycles. The van der Waals surface area contributed by atoms with Crippen molar-refractivity contribution in [1.82, 2.24) is 4.90 Å². The molecule has 0 bridgehead atoms. The Balaban J connectivity index is 2.58. The number of nitrogens with zero attached hydrogens (tertiary/aromatic N) is 1. The SMILES string of the molecule is C=CCN(CCO)C(=O)Cc1ccccc1. The number of carbonyl (C=O) groups excluding carboxylic acids is 1. The van der Waals surface area contributed by atoms with Gasteiger partial charge in [0.2, 0.25) is 5.91 Å². The Bertz CT molecular complexity index is 335. The molecule has 1 aromatic carbocycles. The lowest BCUT2D eigenvalue weighted by atomic mass is 10.1. The number of rotatable bonds is 6. The van der Waals surface area contributed by atoms with Gasteiger partial charge in [-0.3, -0.25) is 4.79 Å². The zero-order valence-electron chi connectivity index (χ0n) is 9.30. The fourth-order valence-corrected chi connectivity index (χ4v) is 1.48. The number of benzene rings is 1. The first-order chi connectivity index (χ1) is 7.77. The van der Waals surface area contributed by atoms with Gasteiger partial charge in [-0.05, 0) is 5.56 Å². The van der Waals surface area contributed by atoms with Crippen LogP contribution in [0.2, 0.25) is 0 Å². The molecule has 3 nitrogen and oxygen atoms in total. The second kappa shape index (κ2) is 6.80. The van der Waals surface area contributed by atoms with Crippen molar-refractivity contribution in [1.29, 1.82) is 0 Å².